The van der Waals surface area contributed by atoms with Crippen LogP contribution in [0.5, 0.6) is 5.75 Å². The lowest BCUT2D eigenvalue weighted by atomic mass is 10.1. The van der Waals surface area contributed by atoms with E-state index in [0.29, 0.717) is 16.5 Å². The Labute approximate surface area is 167 Å². The molecule has 0 radical (unpaired) electrons. The predicted octanol–water partition coefficient (Wildman–Crippen LogP) is 5.28. The summed E-state index contributed by atoms with van der Waals surface area (Å²) in [5.74, 6) is 0.738. The average molecular weight is 399 g/mol. The van der Waals surface area contributed by atoms with E-state index < -0.39 is 0 Å². The summed E-state index contributed by atoms with van der Waals surface area (Å²) in [5.41, 5.74) is 2.96. The number of thiazole rings is 1. The molecule has 3 aromatic rings. The van der Waals surface area contributed by atoms with Crippen LogP contribution < -0.4 is 9.64 Å². The predicted molar refractivity (Wildman–Crippen MR) is 109 cm³/mol. The molecule has 2 heterocycles. The van der Waals surface area contributed by atoms with Gasteiger partial charge in [-0.1, -0.05) is 29.8 Å². The van der Waals surface area contributed by atoms with Gasteiger partial charge in [-0.2, -0.15) is 0 Å². The Morgan fingerprint density at radius 3 is 2.78 bits per heavy atom. The molecule has 1 aliphatic heterocycles. The number of rotatable bonds is 4. The molecule has 6 heteroatoms. The number of para-hydroxylation sites is 1. The van der Waals surface area contributed by atoms with Gasteiger partial charge in [0.2, 0.25) is 0 Å². The number of carbonyl (C=O) groups excluding carboxylic acids is 1. The molecule has 0 spiro atoms. The summed E-state index contributed by atoms with van der Waals surface area (Å²) in [6.07, 6.45) is 0.881. The first-order chi connectivity index (χ1) is 13.0. The second-order valence-electron chi connectivity index (χ2n) is 6.62. The highest BCUT2D eigenvalue weighted by Gasteiger charge is 2.33. The Balaban J connectivity index is 1.53. The molecular formula is C21H19ClN2O2S. The number of benzene rings is 2. The quantitative estimate of drug-likeness (QED) is 0.600. The summed E-state index contributed by atoms with van der Waals surface area (Å²) in [6, 6.07) is 15.4. The van der Waals surface area contributed by atoms with Gasteiger partial charge in [-0.15, -0.1) is 11.3 Å². The molecule has 4 rings (SSSR count). The first-order valence-corrected chi connectivity index (χ1v) is 9.98. The number of aromatic nitrogens is 1. The molecule has 1 aliphatic rings. The highest BCUT2D eigenvalue weighted by atomic mass is 35.5. The molecule has 0 saturated carbocycles. The third-order valence-corrected chi connectivity index (χ3v) is 6.01. The first kappa shape index (κ1) is 18.0. The maximum Gasteiger partial charge on any atom is 0.270 e. The van der Waals surface area contributed by atoms with Crippen molar-refractivity contribution in [2.75, 3.05) is 4.90 Å². The molecule has 27 heavy (non-hydrogen) atoms. The number of ether oxygens (including phenoxy) is 1. The minimum atomic E-state index is 0.0141. The monoisotopic (exact) mass is 398 g/mol. The van der Waals surface area contributed by atoms with Crippen LogP contribution in [0.4, 0.5) is 5.69 Å². The van der Waals surface area contributed by atoms with Gasteiger partial charge in [-0.05, 0) is 56.2 Å². The van der Waals surface area contributed by atoms with Crippen LogP contribution in [0.3, 0.4) is 0 Å². The number of aryl methyl sites for hydroxylation is 1. The molecule has 138 valence electrons. The second kappa shape index (κ2) is 7.33. The average Bonchev–Trinajstić information content (AvgIpc) is 3.19. The van der Waals surface area contributed by atoms with Gasteiger partial charge < -0.3 is 9.64 Å². The Kier molecular flexibility index (Phi) is 4.89. The summed E-state index contributed by atoms with van der Waals surface area (Å²) in [7, 11) is 0. The van der Waals surface area contributed by atoms with E-state index in [2.05, 4.69) is 18.0 Å². The minimum Gasteiger partial charge on any atom is -0.486 e. The molecule has 4 nitrogen and oxygen atoms in total. The number of halogens is 1. The summed E-state index contributed by atoms with van der Waals surface area (Å²) in [5, 5.41) is 1.45. The Morgan fingerprint density at radius 2 is 2.00 bits per heavy atom. The zero-order valence-corrected chi connectivity index (χ0v) is 16.7. The highest BCUT2D eigenvalue weighted by Crippen LogP contribution is 2.34. The maximum atomic E-state index is 13.2. The Bertz CT molecular complexity index is 984. The second-order valence-corrected chi connectivity index (χ2v) is 8.14. The van der Waals surface area contributed by atoms with Crippen molar-refractivity contribution in [1.29, 1.82) is 0 Å². The third-order valence-electron chi connectivity index (χ3n) is 4.64. The van der Waals surface area contributed by atoms with Gasteiger partial charge in [0.05, 0.1) is 5.69 Å². The van der Waals surface area contributed by atoms with Crippen molar-refractivity contribution in [2.24, 2.45) is 0 Å². The number of hydrogen-bond donors (Lipinski definition) is 0. The number of anilines is 1. The van der Waals surface area contributed by atoms with E-state index in [0.717, 1.165) is 28.6 Å². The van der Waals surface area contributed by atoms with Crippen LogP contribution in [0.2, 0.25) is 5.02 Å². The first-order valence-electron chi connectivity index (χ1n) is 8.79. The normalized spacial score (nSPS) is 15.7. The summed E-state index contributed by atoms with van der Waals surface area (Å²) in [6.45, 7) is 4.29. The van der Waals surface area contributed by atoms with Crippen molar-refractivity contribution in [2.45, 2.75) is 32.9 Å². The molecule has 0 N–H and O–H groups in total. The largest absolute Gasteiger partial charge is 0.486 e. The number of fused-ring (bicyclic) bond motifs is 1. The van der Waals surface area contributed by atoms with Crippen molar-refractivity contribution < 1.29 is 9.53 Å². The van der Waals surface area contributed by atoms with E-state index in [4.69, 9.17) is 16.3 Å². The van der Waals surface area contributed by atoms with Crippen molar-refractivity contribution in [3.63, 3.8) is 0 Å². The van der Waals surface area contributed by atoms with E-state index in [1.165, 1.54) is 16.9 Å². The zero-order chi connectivity index (χ0) is 19.0. The van der Waals surface area contributed by atoms with Crippen molar-refractivity contribution in [1.82, 2.24) is 4.98 Å². The van der Waals surface area contributed by atoms with Gasteiger partial charge in [0.25, 0.3) is 5.91 Å². The lowest BCUT2D eigenvalue weighted by molar-refractivity contribution is 0.0984. The van der Waals surface area contributed by atoms with E-state index in [1.807, 2.05) is 42.2 Å². The number of amides is 1. The molecule has 0 saturated heterocycles. The standard InChI is InChI=1S/C21H19ClN2O2S/c1-13-11-15-5-3-4-6-18(15)24(13)21(25)20-14(2)23-19(27-20)12-26-17-9-7-16(22)8-10-17/h3-10,13H,11-12H2,1-2H3. The molecule has 0 fully saturated rings. The smallest absolute Gasteiger partial charge is 0.270 e. The number of hydrogen-bond acceptors (Lipinski definition) is 4. The van der Waals surface area contributed by atoms with Crippen LogP contribution in [0.1, 0.15) is 32.9 Å². The molecule has 0 bridgehead atoms. The van der Waals surface area contributed by atoms with E-state index in [-0.39, 0.29) is 11.9 Å². The van der Waals surface area contributed by atoms with Crippen LogP contribution >= 0.6 is 22.9 Å². The van der Waals surface area contributed by atoms with Crippen molar-refractivity contribution in [3.05, 3.63) is 74.7 Å². The molecule has 1 amide bonds. The van der Waals surface area contributed by atoms with Gasteiger partial charge in [0.1, 0.15) is 22.2 Å². The van der Waals surface area contributed by atoms with Gasteiger partial charge in [0, 0.05) is 16.8 Å². The van der Waals surface area contributed by atoms with Crippen LogP contribution in [0, 0.1) is 6.92 Å². The van der Waals surface area contributed by atoms with Crippen LogP contribution in [-0.4, -0.2) is 16.9 Å². The van der Waals surface area contributed by atoms with Crippen LogP contribution in [-0.2, 0) is 13.0 Å². The molecule has 1 unspecified atom stereocenters. The molecule has 2 aromatic carbocycles. The van der Waals surface area contributed by atoms with Crippen LogP contribution in [0.15, 0.2) is 48.5 Å². The van der Waals surface area contributed by atoms with Gasteiger partial charge in [-0.25, -0.2) is 4.98 Å². The Morgan fingerprint density at radius 1 is 1.26 bits per heavy atom. The topological polar surface area (TPSA) is 42.4 Å². The van der Waals surface area contributed by atoms with Crippen molar-refractivity contribution >= 4 is 34.5 Å². The van der Waals surface area contributed by atoms with Gasteiger partial charge in [-0.3, -0.25) is 4.79 Å². The Hall–Kier alpha value is -2.37. The van der Waals surface area contributed by atoms with E-state index in [9.17, 15) is 4.79 Å². The maximum absolute atomic E-state index is 13.2. The fourth-order valence-electron chi connectivity index (χ4n) is 3.37. The van der Waals surface area contributed by atoms with E-state index >= 15 is 0 Å². The molecular weight excluding hydrogens is 380 g/mol. The lowest BCUT2D eigenvalue weighted by Gasteiger charge is -2.22. The summed E-state index contributed by atoms with van der Waals surface area (Å²) in [4.78, 5) is 20.3. The SMILES string of the molecule is Cc1nc(COc2ccc(Cl)cc2)sc1C(=O)N1c2ccccc2CC1C. The highest BCUT2D eigenvalue weighted by molar-refractivity contribution is 7.13. The lowest BCUT2D eigenvalue weighted by Crippen LogP contribution is -2.35. The fraction of sp³-hybridized carbons (Fsp3) is 0.238. The minimum absolute atomic E-state index is 0.0141. The summed E-state index contributed by atoms with van der Waals surface area (Å²) < 4.78 is 5.76. The van der Waals surface area contributed by atoms with Gasteiger partial charge in [0.15, 0.2) is 0 Å². The van der Waals surface area contributed by atoms with E-state index in [1.54, 1.807) is 12.1 Å². The van der Waals surface area contributed by atoms with Crippen LogP contribution in [0.25, 0.3) is 0 Å². The molecule has 1 aromatic heterocycles. The number of carbonyl (C=O) groups is 1. The zero-order valence-electron chi connectivity index (χ0n) is 15.1. The molecule has 1 atom stereocenters. The van der Waals surface area contributed by atoms with Crippen molar-refractivity contribution in [3.8, 4) is 5.75 Å². The van der Waals surface area contributed by atoms with Gasteiger partial charge >= 0.3 is 0 Å². The summed E-state index contributed by atoms with van der Waals surface area (Å²) >= 11 is 7.29. The number of nitrogens with zero attached hydrogens (tertiary/aromatic N) is 2. The molecule has 0 aliphatic carbocycles. The fourth-order valence-corrected chi connectivity index (χ4v) is 4.41. The third kappa shape index (κ3) is 3.57.